The Morgan fingerprint density at radius 1 is 1.16 bits per heavy atom. The molecule has 1 aliphatic rings. The number of amides is 1. The molecule has 1 fully saturated rings. The zero-order valence-corrected chi connectivity index (χ0v) is 13.8. The molecule has 1 saturated carbocycles. The zero-order valence-electron chi connectivity index (χ0n) is 13.8. The average Bonchev–Trinajstić information content (AvgIpc) is 3.43. The van der Waals surface area contributed by atoms with Crippen molar-refractivity contribution in [2.75, 3.05) is 7.11 Å². The quantitative estimate of drug-likeness (QED) is 0.789. The highest BCUT2D eigenvalue weighted by Gasteiger charge is 2.31. The lowest BCUT2D eigenvalue weighted by Crippen LogP contribution is -2.33. The molecule has 6 nitrogen and oxygen atoms in total. The number of carbonyl (C=O) groups excluding carboxylic acids is 2. The van der Waals surface area contributed by atoms with Gasteiger partial charge in [-0.25, -0.2) is 4.79 Å². The van der Waals surface area contributed by atoms with Gasteiger partial charge in [0, 0.05) is 17.7 Å². The Balaban J connectivity index is 1.81. The monoisotopic (exact) mass is 341 g/mol. The second-order valence-electron chi connectivity index (χ2n) is 5.86. The highest BCUT2D eigenvalue weighted by Crippen LogP contribution is 2.28. The maximum atomic E-state index is 12.5. The first-order valence-corrected chi connectivity index (χ1v) is 8.02. The predicted octanol–water partition coefficient (Wildman–Crippen LogP) is 2.58. The Bertz CT molecular complexity index is 771. The van der Waals surface area contributed by atoms with Crippen molar-refractivity contribution in [3.63, 3.8) is 0 Å². The largest absolute Gasteiger partial charge is 0.507 e. The van der Waals surface area contributed by atoms with E-state index in [0.29, 0.717) is 11.3 Å². The fourth-order valence-electron chi connectivity index (χ4n) is 2.39. The molecular weight excluding hydrogens is 322 g/mol. The SMILES string of the molecule is COc1ccc(C(=O)O[C@H](C(=O)NC2CC2)c2ccccc2)c(O)c1. The summed E-state index contributed by atoms with van der Waals surface area (Å²) in [6.07, 6.45) is 0.789. The topological polar surface area (TPSA) is 84.9 Å². The molecule has 0 heterocycles. The van der Waals surface area contributed by atoms with Gasteiger partial charge in [0.25, 0.3) is 5.91 Å². The molecule has 25 heavy (non-hydrogen) atoms. The van der Waals surface area contributed by atoms with E-state index in [4.69, 9.17) is 9.47 Å². The second-order valence-corrected chi connectivity index (χ2v) is 5.86. The van der Waals surface area contributed by atoms with E-state index in [1.165, 1.54) is 25.3 Å². The summed E-state index contributed by atoms with van der Waals surface area (Å²) < 4.78 is 10.4. The van der Waals surface area contributed by atoms with Crippen LogP contribution in [0.5, 0.6) is 11.5 Å². The first-order valence-electron chi connectivity index (χ1n) is 8.02. The van der Waals surface area contributed by atoms with Gasteiger partial charge in [-0.2, -0.15) is 0 Å². The molecule has 2 aromatic rings. The molecule has 6 heteroatoms. The minimum atomic E-state index is -1.07. The summed E-state index contributed by atoms with van der Waals surface area (Å²) in [4.78, 5) is 24.9. The maximum Gasteiger partial charge on any atom is 0.343 e. The molecule has 2 aromatic carbocycles. The van der Waals surface area contributed by atoms with Crippen LogP contribution >= 0.6 is 0 Å². The summed E-state index contributed by atoms with van der Waals surface area (Å²) in [6, 6.07) is 13.2. The number of ether oxygens (including phenoxy) is 2. The van der Waals surface area contributed by atoms with Gasteiger partial charge in [-0.15, -0.1) is 0 Å². The minimum absolute atomic E-state index is 0.0269. The molecule has 0 spiro atoms. The van der Waals surface area contributed by atoms with E-state index in [2.05, 4.69) is 5.32 Å². The molecular formula is C19H19NO5. The van der Waals surface area contributed by atoms with Crippen LogP contribution in [-0.2, 0) is 9.53 Å². The molecule has 0 bridgehead atoms. The van der Waals surface area contributed by atoms with Crippen molar-refractivity contribution in [1.29, 1.82) is 0 Å². The summed E-state index contributed by atoms with van der Waals surface area (Å²) in [7, 11) is 1.46. The summed E-state index contributed by atoms with van der Waals surface area (Å²) in [6.45, 7) is 0. The fraction of sp³-hybridized carbons (Fsp3) is 0.263. The highest BCUT2D eigenvalue weighted by atomic mass is 16.5. The third-order valence-corrected chi connectivity index (χ3v) is 3.91. The number of benzene rings is 2. The van der Waals surface area contributed by atoms with Gasteiger partial charge in [-0.1, -0.05) is 30.3 Å². The van der Waals surface area contributed by atoms with Crippen molar-refractivity contribution in [2.45, 2.75) is 25.0 Å². The molecule has 0 unspecified atom stereocenters. The lowest BCUT2D eigenvalue weighted by molar-refractivity contribution is -0.130. The van der Waals surface area contributed by atoms with E-state index in [9.17, 15) is 14.7 Å². The molecule has 130 valence electrons. The fourth-order valence-corrected chi connectivity index (χ4v) is 2.39. The van der Waals surface area contributed by atoms with Crippen LogP contribution in [0.1, 0.15) is 34.9 Å². The van der Waals surface area contributed by atoms with Gasteiger partial charge in [0.1, 0.15) is 17.1 Å². The van der Waals surface area contributed by atoms with Crippen molar-refractivity contribution in [2.24, 2.45) is 0 Å². The Morgan fingerprint density at radius 2 is 1.88 bits per heavy atom. The van der Waals surface area contributed by atoms with Gasteiger partial charge >= 0.3 is 5.97 Å². The third kappa shape index (κ3) is 4.09. The number of rotatable bonds is 6. The first-order chi connectivity index (χ1) is 12.1. The van der Waals surface area contributed by atoms with Gasteiger partial charge in [-0.05, 0) is 25.0 Å². The van der Waals surface area contributed by atoms with Crippen LogP contribution in [0, 0.1) is 0 Å². The molecule has 0 saturated heterocycles. The number of esters is 1. The van der Waals surface area contributed by atoms with E-state index in [1.807, 2.05) is 6.07 Å². The second kappa shape index (κ2) is 7.25. The summed E-state index contributed by atoms with van der Waals surface area (Å²) in [5.41, 5.74) is 0.544. The number of phenolic OH excluding ortho intramolecular Hbond substituents is 1. The zero-order chi connectivity index (χ0) is 17.8. The Labute approximate surface area is 145 Å². The lowest BCUT2D eigenvalue weighted by Gasteiger charge is -2.18. The van der Waals surface area contributed by atoms with Crippen molar-refractivity contribution in [3.8, 4) is 11.5 Å². The number of nitrogens with one attached hydrogen (secondary N) is 1. The van der Waals surface area contributed by atoms with Gasteiger partial charge in [0.05, 0.1) is 7.11 Å². The average molecular weight is 341 g/mol. The molecule has 0 aliphatic heterocycles. The number of hydrogen-bond donors (Lipinski definition) is 2. The number of hydrogen-bond acceptors (Lipinski definition) is 5. The maximum absolute atomic E-state index is 12.5. The van der Waals surface area contributed by atoms with Crippen molar-refractivity contribution < 1.29 is 24.2 Å². The van der Waals surface area contributed by atoms with E-state index in [1.54, 1.807) is 24.3 Å². The standard InChI is InChI=1S/C19H19NO5/c1-24-14-9-10-15(16(21)11-14)19(23)25-17(12-5-3-2-4-6-12)18(22)20-13-7-8-13/h2-6,9-11,13,17,21H,7-8H2,1H3,(H,20,22)/t17-/m0/s1. The van der Waals surface area contributed by atoms with Crippen molar-refractivity contribution in [1.82, 2.24) is 5.32 Å². The number of phenols is 1. The molecule has 1 aliphatic carbocycles. The number of methoxy groups -OCH3 is 1. The highest BCUT2D eigenvalue weighted by molar-refractivity contribution is 5.95. The van der Waals surface area contributed by atoms with E-state index in [-0.39, 0.29) is 23.3 Å². The van der Waals surface area contributed by atoms with Crippen LogP contribution in [0.2, 0.25) is 0 Å². The number of carbonyl (C=O) groups is 2. The van der Waals surface area contributed by atoms with Gasteiger partial charge in [-0.3, -0.25) is 4.79 Å². The molecule has 0 radical (unpaired) electrons. The van der Waals surface area contributed by atoms with Crippen molar-refractivity contribution in [3.05, 3.63) is 59.7 Å². The van der Waals surface area contributed by atoms with Crippen LogP contribution in [0.15, 0.2) is 48.5 Å². The summed E-state index contributed by atoms with van der Waals surface area (Å²) in [5, 5.41) is 12.8. The minimum Gasteiger partial charge on any atom is -0.507 e. The lowest BCUT2D eigenvalue weighted by atomic mass is 10.1. The molecule has 2 N–H and O–H groups in total. The molecule has 0 aromatic heterocycles. The third-order valence-electron chi connectivity index (χ3n) is 3.91. The van der Waals surface area contributed by atoms with Crippen LogP contribution < -0.4 is 10.1 Å². The van der Waals surface area contributed by atoms with Gasteiger partial charge in [0.2, 0.25) is 6.10 Å². The number of aromatic hydroxyl groups is 1. The Kier molecular flexibility index (Phi) is 4.88. The van der Waals surface area contributed by atoms with Crippen LogP contribution in [0.25, 0.3) is 0 Å². The first kappa shape index (κ1) is 16.8. The molecule has 3 rings (SSSR count). The molecule has 1 amide bonds. The van der Waals surface area contributed by atoms with E-state index in [0.717, 1.165) is 12.8 Å². The summed E-state index contributed by atoms with van der Waals surface area (Å²) >= 11 is 0. The van der Waals surface area contributed by atoms with Crippen molar-refractivity contribution >= 4 is 11.9 Å². The predicted molar refractivity (Wildman–Crippen MR) is 90.4 cm³/mol. The normalized spacial score (nSPS) is 14.4. The van der Waals surface area contributed by atoms with E-state index >= 15 is 0 Å². The van der Waals surface area contributed by atoms with Crippen LogP contribution in [0.3, 0.4) is 0 Å². The van der Waals surface area contributed by atoms with Crippen LogP contribution in [-0.4, -0.2) is 30.1 Å². The van der Waals surface area contributed by atoms with Crippen LogP contribution in [0.4, 0.5) is 0 Å². The smallest absolute Gasteiger partial charge is 0.343 e. The van der Waals surface area contributed by atoms with E-state index < -0.39 is 12.1 Å². The Hall–Kier alpha value is -3.02. The Morgan fingerprint density at radius 3 is 2.48 bits per heavy atom. The van der Waals surface area contributed by atoms with Gasteiger partial charge in [0.15, 0.2) is 0 Å². The summed E-state index contributed by atoms with van der Waals surface area (Å²) in [5.74, 6) is -0.992. The van der Waals surface area contributed by atoms with Gasteiger partial charge < -0.3 is 19.9 Å². The molecule has 1 atom stereocenters.